The number of halogens is 1. The first-order chi connectivity index (χ1) is 11.7. The molecule has 122 valence electrons. The first kappa shape index (κ1) is 16.3. The van der Waals surface area contributed by atoms with E-state index in [2.05, 4.69) is 46.3 Å². The van der Waals surface area contributed by atoms with Gasteiger partial charge in [0.15, 0.2) is 5.82 Å². The minimum Gasteiger partial charge on any atom is -0.358 e. The summed E-state index contributed by atoms with van der Waals surface area (Å²) in [5, 5.41) is 11.3. The third kappa shape index (κ3) is 4.26. The van der Waals surface area contributed by atoms with Gasteiger partial charge in [-0.15, -0.1) is 5.10 Å². The monoisotopic (exact) mass is 384 g/mol. The molecule has 3 aromatic rings. The highest BCUT2D eigenvalue weighted by molar-refractivity contribution is 9.10. The van der Waals surface area contributed by atoms with Crippen LogP contribution >= 0.6 is 15.9 Å². The highest BCUT2D eigenvalue weighted by Crippen LogP contribution is 2.24. The number of aromatic nitrogens is 4. The molecular formula is C17H17BrN6. The maximum atomic E-state index is 4.53. The average Bonchev–Trinajstić information content (AvgIpc) is 2.63. The number of rotatable bonds is 6. The van der Waals surface area contributed by atoms with E-state index in [1.807, 2.05) is 43.4 Å². The van der Waals surface area contributed by atoms with Crippen LogP contribution in [0.1, 0.15) is 5.56 Å². The molecule has 0 bridgehead atoms. The summed E-state index contributed by atoms with van der Waals surface area (Å²) in [6.45, 7) is 0.831. The van der Waals surface area contributed by atoms with E-state index in [1.165, 1.54) is 5.56 Å². The van der Waals surface area contributed by atoms with Gasteiger partial charge in [0.05, 0.1) is 11.9 Å². The Kier molecular flexibility index (Phi) is 5.32. The molecule has 0 amide bonds. The number of hydrogen-bond acceptors (Lipinski definition) is 6. The summed E-state index contributed by atoms with van der Waals surface area (Å²) < 4.78 is 0.949. The molecule has 0 atom stereocenters. The van der Waals surface area contributed by atoms with E-state index >= 15 is 0 Å². The van der Waals surface area contributed by atoms with Crippen molar-refractivity contribution in [3.05, 3.63) is 65.0 Å². The molecule has 1 N–H and O–H groups in total. The number of anilines is 3. The molecule has 2 aromatic heterocycles. The number of likely N-dealkylation sites (N-methyl/N-ethyl adjacent to an activating group) is 1. The molecule has 3 rings (SSSR count). The minimum absolute atomic E-state index is 0.468. The normalized spacial score (nSPS) is 10.4. The lowest BCUT2D eigenvalue weighted by Gasteiger charge is -2.18. The number of para-hydroxylation sites is 1. The van der Waals surface area contributed by atoms with Gasteiger partial charge in [-0.3, -0.25) is 4.98 Å². The van der Waals surface area contributed by atoms with Crippen molar-refractivity contribution in [2.24, 2.45) is 0 Å². The minimum atomic E-state index is 0.468. The molecule has 0 aliphatic rings. The van der Waals surface area contributed by atoms with Crippen LogP contribution in [0, 0.1) is 0 Å². The number of benzene rings is 1. The van der Waals surface area contributed by atoms with Gasteiger partial charge in [0.1, 0.15) is 0 Å². The van der Waals surface area contributed by atoms with Crippen molar-refractivity contribution in [2.75, 3.05) is 23.8 Å². The van der Waals surface area contributed by atoms with E-state index in [0.717, 1.165) is 28.9 Å². The molecule has 2 heterocycles. The van der Waals surface area contributed by atoms with Gasteiger partial charge in [0, 0.05) is 30.5 Å². The van der Waals surface area contributed by atoms with E-state index in [9.17, 15) is 0 Å². The van der Waals surface area contributed by atoms with Gasteiger partial charge in [-0.2, -0.15) is 10.1 Å². The Morgan fingerprint density at radius 1 is 1.12 bits per heavy atom. The fourth-order valence-electron chi connectivity index (χ4n) is 2.18. The average molecular weight is 385 g/mol. The molecule has 1 aromatic carbocycles. The summed E-state index contributed by atoms with van der Waals surface area (Å²) >= 11 is 3.50. The maximum Gasteiger partial charge on any atom is 0.249 e. The largest absolute Gasteiger partial charge is 0.358 e. The van der Waals surface area contributed by atoms with E-state index in [1.54, 1.807) is 18.6 Å². The van der Waals surface area contributed by atoms with Gasteiger partial charge in [0.25, 0.3) is 0 Å². The topological polar surface area (TPSA) is 66.8 Å². The van der Waals surface area contributed by atoms with Crippen molar-refractivity contribution >= 4 is 33.4 Å². The van der Waals surface area contributed by atoms with Crippen molar-refractivity contribution in [1.29, 1.82) is 0 Å². The number of hydrogen-bond donors (Lipinski definition) is 1. The van der Waals surface area contributed by atoms with E-state index in [0.29, 0.717) is 5.95 Å². The summed E-state index contributed by atoms with van der Waals surface area (Å²) in [6, 6.07) is 11.9. The van der Waals surface area contributed by atoms with Crippen LogP contribution in [0.25, 0.3) is 0 Å². The lowest BCUT2D eigenvalue weighted by Crippen LogP contribution is -2.22. The zero-order valence-electron chi connectivity index (χ0n) is 13.2. The molecule has 0 fully saturated rings. The predicted octanol–water partition coefficient (Wildman–Crippen LogP) is 3.45. The molecule has 0 aliphatic heterocycles. The highest BCUT2D eigenvalue weighted by atomic mass is 79.9. The van der Waals surface area contributed by atoms with Crippen molar-refractivity contribution in [3.63, 3.8) is 0 Å². The van der Waals surface area contributed by atoms with E-state index in [-0.39, 0.29) is 0 Å². The Labute approximate surface area is 149 Å². The van der Waals surface area contributed by atoms with Crippen LogP contribution in [0.3, 0.4) is 0 Å². The standard InChI is InChI=1S/C17H17BrN6/c1-24(11-8-13-6-9-19-10-7-13)16-12-20-23-17(22-16)21-15-5-3-2-4-14(15)18/h2-7,9-10,12H,8,11H2,1H3,(H,21,22,23). The smallest absolute Gasteiger partial charge is 0.249 e. The summed E-state index contributed by atoms with van der Waals surface area (Å²) in [7, 11) is 1.99. The Bertz CT molecular complexity index is 796. The van der Waals surface area contributed by atoms with Crippen molar-refractivity contribution in [1.82, 2.24) is 20.2 Å². The third-order valence-electron chi connectivity index (χ3n) is 3.54. The lowest BCUT2D eigenvalue weighted by atomic mass is 10.2. The van der Waals surface area contributed by atoms with Gasteiger partial charge >= 0.3 is 0 Å². The van der Waals surface area contributed by atoms with Gasteiger partial charge in [0.2, 0.25) is 5.95 Å². The van der Waals surface area contributed by atoms with Crippen molar-refractivity contribution < 1.29 is 0 Å². The van der Waals surface area contributed by atoms with Gasteiger partial charge in [-0.1, -0.05) is 12.1 Å². The summed E-state index contributed by atoms with van der Waals surface area (Å²) in [5.74, 6) is 1.24. The van der Waals surface area contributed by atoms with Gasteiger partial charge < -0.3 is 10.2 Å². The highest BCUT2D eigenvalue weighted by Gasteiger charge is 2.07. The van der Waals surface area contributed by atoms with Crippen LogP contribution in [0.4, 0.5) is 17.5 Å². The van der Waals surface area contributed by atoms with Gasteiger partial charge in [-0.25, -0.2) is 0 Å². The first-order valence-electron chi connectivity index (χ1n) is 7.54. The van der Waals surface area contributed by atoms with Crippen molar-refractivity contribution in [2.45, 2.75) is 6.42 Å². The molecule has 7 heteroatoms. The van der Waals surface area contributed by atoms with E-state index < -0.39 is 0 Å². The molecule has 24 heavy (non-hydrogen) atoms. The maximum absolute atomic E-state index is 4.53. The molecule has 6 nitrogen and oxygen atoms in total. The van der Waals surface area contributed by atoms with Crippen LogP contribution in [0.15, 0.2) is 59.5 Å². The van der Waals surface area contributed by atoms with E-state index in [4.69, 9.17) is 0 Å². The fourth-order valence-corrected chi connectivity index (χ4v) is 2.56. The Morgan fingerprint density at radius 3 is 2.71 bits per heavy atom. The van der Waals surface area contributed by atoms with Crippen LogP contribution in [-0.4, -0.2) is 33.8 Å². The van der Waals surface area contributed by atoms with Gasteiger partial charge in [-0.05, 0) is 52.2 Å². The summed E-state index contributed by atoms with van der Waals surface area (Å²) in [5.41, 5.74) is 2.14. The molecule has 0 spiro atoms. The zero-order chi connectivity index (χ0) is 16.8. The molecule has 0 radical (unpaired) electrons. The number of nitrogens with one attached hydrogen (secondary N) is 1. The Morgan fingerprint density at radius 2 is 1.92 bits per heavy atom. The second kappa shape index (κ2) is 7.83. The first-order valence-corrected chi connectivity index (χ1v) is 8.33. The molecule has 0 saturated carbocycles. The lowest BCUT2D eigenvalue weighted by molar-refractivity contribution is 0.840. The fraction of sp³-hybridized carbons (Fsp3) is 0.176. The molecule has 0 saturated heterocycles. The van der Waals surface area contributed by atoms with Crippen LogP contribution < -0.4 is 10.2 Å². The quantitative estimate of drug-likeness (QED) is 0.701. The second-order valence-corrected chi connectivity index (χ2v) is 6.12. The summed E-state index contributed by atoms with van der Waals surface area (Å²) in [6.07, 6.45) is 6.19. The molecular weight excluding hydrogens is 368 g/mol. The Hall–Kier alpha value is -2.54. The van der Waals surface area contributed by atoms with Crippen LogP contribution in [0.5, 0.6) is 0 Å². The third-order valence-corrected chi connectivity index (χ3v) is 4.23. The SMILES string of the molecule is CN(CCc1ccncc1)c1cnnc(Nc2ccccc2Br)n1. The Balaban J connectivity index is 1.67. The molecule has 0 unspecified atom stereocenters. The number of nitrogens with zero attached hydrogens (tertiary/aromatic N) is 5. The zero-order valence-corrected chi connectivity index (χ0v) is 14.8. The van der Waals surface area contributed by atoms with Crippen molar-refractivity contribution in [3.8, 4) is 0 Å². The van der Waals surface area contributed by atoms with Crippen LogP contribution in [0.2, 0.25) is 0 Å². The number of pyridine rings is 1. The second-order valence-electron chi connectivity index (χ2n) is 5.27. The predicted molar refractivity (Wildman–Crippen MR) is 98.5 cm³/mol. The summed E-state index contributed by atoms with van der Waals surface area (Å²) in [4.78, 5) is 10.6. The van der Waals surface area contributed by atoms with Crippen LogP contribution in [-0.2, 0) is 6.42 Å². The molecule has 0 aliphatic carbocycles.